The Balaban J connectivity index is 1.66. The first-order chi connectivity index (χ1) is 11.5. The van der Waals surface area contributed by atoms with Crippen LogP contribution in [0.15, 0.2) is 47.1 Å². The lowest BCUT2D eigenvalue weighted by Crippen LogP contribution is -2.33. The Morgan fingerprint density at radius 3 is 2.71 bits per heavy atom. The van der Waals surface area contributed by atoms with Crippen LogP contribution in [0.5, 0.6) is 0 Å². The van der Waals surface area contributed by atoms with Crippen LogP contribution in [0, 0.1) is 5.82 Å². The molecule has 0 saturated carbocycles. The molecule has 3 rings (SSSR count). The second kappa shape index (κ2) is 7.27. The number of rotatable bonds is 5. The third-order valence-corrected chi connectivity index (χ3v) is 5.74. The molecule has 1 aromatic carbocycles. The topological polar surface area (TPSA) is 54.9 Å². The molecule has 4 nitrogen and oxygen atoms in total. The molecule has 2 atom stereocenters. The quantitative estimate of drug-likeness (QED) is 0.547. The monoisotopic (exact) mass is 361 g/mol. The average molecular weight is 361 g/mol. The van der Waals surface area contributed by atoms with Gasteiger partial charge in [-0.25, -0.2) is 14.4 Å². The number of benzene rings is 1. The highest BCUT2D eigenvalue weighted by molar-refractivity contribution is 8.00. The lowest BCUT2D eigenvalue weighted by molar-refractivity contribution is -0.120. The molecule has 2 heterocycles. The number of nitrogens with one attached hydrogen (secondary N) is 1. The van der Waals surface area contributed by atoms with E-state index in [9.17, 15) is 9.18 Å². The molecule has 7 heteroatoms. The Morgan fingerprint density at radius 1 is 1.21 bits per heavy atom. The van der Waals surface area contributed by atoms with Gasteiger partial charge >= 0.3 is 0 Å². The summed E-state index contributed by atoms with van der Waals surface area (Å²) < 4.78 is 14.0. The van der Waals surface area contributed by atoms with E-state index in [4.69, 9.17) is 0 Å². The number of hydrogen-bond acceptors (Lipinski definition) is 5. The fraction of sp³-hybridized carbons (Fsp3) is 0.235. The zero-order valence-corrected chi connectivity index (χ0v) is 14.8. The molecule has 124 valence electrons. The number of carbonyl (C=O) groups is 1. The lowest BCUT2D eigenvalue weighted by atomic mass is 10.1. The zero-order valence-electron chi connectivity index (χ0n) is 13.2. The van der Waals surface area contributed by atoms with E-state index in [1.165, 1.54) is 30.2 Å². The molecule has 0 bridgehead atoms. The minimum atomic E-state index is -0.298. The number of amides is 1. The first-order valence-electron chi connectivity index (χ1n) is 7.45. The van der Waals surface area contributed by atoms with Gasteiger partial charge in [-0.2, -0.15) is 0 Å². The second-order valence-corrected chi connectivity index (χ2v) is 7.60. The number of aromatic nitrogens is 2. The summed E-state index contributed by atoms with van der Waals surface area (Å²) in [5.41, 5.74) is 1.76. The minimum absolute atomic E-state index is 0.0832. The van der Waals surface area contributed by atoms with E-state index in [0.29, 0.717) is 0 Å². The highest BCUT2D eigenvalue weighted by Crippen LogP contribution is 2.31. The van der Waals surface area contributed by atoms with Crippen molar-refractivity contribution in [2.45, 2.75) is 30.2 Å². The number of nitrogens with zero attached hydrogens (tertiary/aromatic N) is 2. The maximum Gasteiger partial charge on any atom is 0.233 e. The fourth-order valence-corrected chi connectivity index (χ4v) is 4.08. The molecule has 2 aromatic heterocycles. The van der Waals surface area contributed by atoms with E-state index in [1.54, 1.807) is 23.5 Å². The first kappa shape index (κ1) is 16.9. The first-order valence-corrected chi connectivity index (χ1v) is 9.21. The smallest absolute Gasteiger partial charge is 0.233 e. The standard InChI is InChI=1S/C17H16FN3OS2/c1-10(12-3-5-13(18)6-4-12)21-16(22)11(2)24-17-15-14(7-8-23-15)19-9-20-17/h3-11H,1-2H3,(H,21,22). The molecule has 0 fully saturated rings. The van der Waals surface area contributed by atoms with Gasteiger partial charge in [-0.05, 0) is 43.0 Å². The van der Waals surface area contributed by atoms with Crippen LogP contribution < -0.4 is 5.32 Å². The van der Waals surface area contributed by atoms with Gasteiger partial charge in [0.1, 0.15) is 17.2 Å². The van der Waals surface area contributed by atoms with E-state index >= 15 is 0 Å². The number of fused-ring (bicyclic) bond motifs is 1. The van der Waals surface area contributed by atoms with Crippen molar-refractivity contribution >= 4 is 39.2 Å². The highest BCUT2D eigenvalue weighted by Gasteiger charge is 2.19. The molecule has 3 aromatic rings. The van der Waals surface area contributed by atoms with Crippen LogP contribution >= 0.6 is 23.1 Å². The van der Waals surface area contributed by atoms with Gasteiger partial charge in [0, 0.05) is 0 Å². The van der Waals surface area contributed by atoms with E-state index in [-0.39, 0.29) is 23.0 Å². The highest BCUT2D eigenvalue weighted by atomic mass is 32.2. The normalized spacial score (nSPS) is 13.6. The minimum Gasteiger partial charge on any atom is -0.349 e. The summed E-state index contributed by atoms with van der Waals surface area (Å²) in [5, 5.41) is 5.43. The summed E-state index contributed by atoms with van der Waals surface area (Å²) in [6, 6.07) is 7.89. The molecular formula is C17H16FN3OS2. The van der Waals surface area contributed by atoms with Gasteiger partial charge in [0.2, 0.25) is 5.91 Å². The Morgan fingerprint density at radius 2 is 1.96 bits per heavy atom. The number of thioether (sulfide) groups is 1. The molecule has 2 unspecified atom stereocenters. The van der Waals surface area contributed by atoms with E-state index in [0.717, 1.165) is 20.8 Å². The lowest BCUT2D eigenvalue weighted by Gasteiger charge is -2.17. The third kappa shape index (κ3) is 3.73. The molecule has 1 amide bonds. The van der Waals surface area contributed by atoms with Crippen LogP contribution in [0.4, 0.5) is 4.39 Å². The summed E-state index contributed by atoms with van der Waals surface area (Å²) in [6.45, 7) is 3.73. The second-order valence-electron chi connectivity index (χ2n) is 5.36. The van der Waals surface area contributed by atoms with Crippen LogP contribution in [-0.2, 0) is 4.79 Å². The Kier molecular flexibility index (Phi) is 5.11. The maximum atomic E-state index is 13.0. The van der Waals surface area contributed by atoms with E-state index in [1.807, 2.05) is 25.3 Å². The van der Waals surface area contributed by atoms with Crippen molar-refractivity contribution in [2.75, 3.05) is 0 Å². The van der Waals surface area contributed by atoms with Crippen molar-refractivity contribution in [3.8, 4) is 0 Å². The van der Waals surface area contributed by atoms with Gasteiger partial charge in [-0.1, -0.05) is 23.9 Å². The van der Waals surface area contributed by atoms with Crippen LogP contribution in [0.1, 0.15) is 25.5 Å². The molecule has 0 saturated heterocycles. The van der Waals surface area contributed by atoms with Crippen LogP contribution in [0.3, 0.4) is 0 Å². The predicted molar refractivity (Wildman–Crippen MR) is 95.7 cm³/mol. The summed E-state index contributed by atoms with van der Waals surface area (Å²) in [5.74, 6) is -0.370. The van der Waals surface area contributed by atoms with Crippen molar-refractivity contribution in [1.82, 2.24) is 15.3 Å². The predicted octanol–water partition coefficient (Wildman–Crippen LogP) is 4.19. The Bertz CT molecular complexity index is 850. The van der Waals surface area contributed by atoms with Gasteiger partial charge in [0.25, 0.3) is 0 Å². The fourth-order valence-electron chi connectivity index (χ4n) is 2.24. The van der Waals surface area contributed by atoms with Crippen LogP contribution in [-0.4, -0.2) is 21.1 Å². The molecule has 0 radical (unpaired) electrons. The third-order valence-electron chi connectivity index (χ3n) is 3.60. The molecule has 1 N–H and O–H groups in total. The van der Waals surface area contributed by atoms with Gasteiger partial charge in [-0.15, -0.1) is 11.3 Å². The molecule has 0 aliphatic rings. The molecule has 0 aliphatic heterocycles. The van der Waals surface area contributed by atoms with Gasteiger partial charge in [0.05, 0.1) is 21.5 Å². The van der Waals surface area contributed by atoms with Crippen molar-refractivity contribution in [1.29, 1.82) is 0 Å². The van der Waals surface area contributed by atoms with Crippen LogP contribution in [0.2, 0.25) is 0 Å². The molecule has 24 heavy (non-hydrogen) atoms. The van der Waals surface area contributed by atoms with Gasteiger partial charge in [-0.3, -0.25) is 4.79 Å². The Hall–Kier alpha value is -1.99. The number of thiophene rings is 1. The zero-order chi connectivity index (χ0) is 17.1. The average Bonchev–Trinajstić information content (AvgIpc) is 3.05. The summed E-state index contributed by atoms with van der Waals surface area (Å²) in [7, 11) is 0. The number of halogens is 1. The van der Waals surface area contributed by atoms with Crippen molar-refractivity contribution in [3.05, 3.63) is 53.4 Å². The summed E-state index contributed by atoms with van der Waals surface area (Å²) in [6.07, 6.45) is 1.52. The Labute approximate surface area is 147 Å². The molecule has 0 spiro atoms. The van der Waals surface area contributed by atoms with E-state index in [2.05, 4.69) is 15.3 Å². The summed E-state index contributed by atoms with van der Waals surface area (Å²) in [4.78, 5) is 20.9. The SMILES string of the molecule is CC(Sc1ncnc2ccsc12)C(=O)NC(C)c1ccc(F)cc1. The number of carbonyl (C=O) groups excluding carboxylic acids is 1. The van der Waals surface area contributed by atoms with Crippen molar-refractivity contribution < 1.29 is 9.18 Å². The van der Waals surface area contributed by atoms with Gasteiger partial charge in [0.15, 0.2) is 0 Å². The largest absolute Gasteiger partial charge is 0.349 e. The van der Waals surface area contributed by atoms with E-state index < -0.39 is 0 Å². The number of hydrogen-bond donors (Lipinski definition) is 1. The van der Waals surface area contributed by atoms with Crippen molar-refractivity contribution in [2.24, 2.45) is 0 Å². The summed E-state index contributed by atoms with van der Waals surface area (Å²) >= 11 is 2.98. The maximum absolute atomic E-state index is 13.0. The van der Waals surface area contributed by atoms with Crippen LogP contribution in [0.25, 0.3) is 10.2 Å². The van der Waals surface area contributed by atoms with Crippen molar-refractivity contribution in [3.63, 3.8) is 0 Å². The molecular weight excluding hydrogens is 345 g/mol. The van der Waals surface area contributed by atoms with Gasteiger partial charge < -0.3 is 5.32 Å². The molecule has 0 aliphatic carbocycles.